The van der Waals surface area contributed by atoms with Crippen molar-refractivity contribution in [3.05, 3.63) is 75.8 Å². The zero-order valence-electron chi connectivity index (χ0n) is 11.8. The number of aromatic nitrogens is 2. The van der Waals surface area contributed by atoms with E-state index in [1.54, 1.807) is 36.4 Å². The lowest BCUT2D eigenvalue weighted by Gasteiger charge is -2.00. The maximum atomic E-state index is 12.9. The molecule has 0 aliphatic carbocycles. The maximum Gasteiger partial charge on any atom is 0.322 e. The number of carbonyl (C=O) groups is 1. The van der Waals surface area contributed by atoms with Crippen molar-refractivity contribution in [1.29, 1.82) is 0 Å². The number of nitrogens with one attached hydrogen (secondary N) is 1. The van der Waals surface area contributed by atoms with Gasteiger partial charge in [-0.25, -0.2) is 4.39 Å². The van der Waals surface area contributed by atoms with Crippen molar-refractivity contribution in [1.82, 2.24) is 10.2 Å². The molecule has 0 bridgehead atoms. The average Bonchev–Trinajstić information content (AvgIpc) is 2.97. The molecule has 2 aromatic carbocycles. The van der Waals surface area contributed by atoms with Crippen LogP contribution < -0.4 is 5.32 Å². The fraction of sp³-hybridized carbons (Fsp3) is 0.0625. The summed E-state index contributed by atoms with van der Waals surface area (Å²) in [5.74, 6) is -0.307. The van der Waals surface area contributed by atoms with Crippen LogP contribution in [0, 0.1) is 5.82 Å². The van der Waals surface area contributed by atoms with Crippen LogP contribution in [0.2, 0.25) is 0 Å². The minimum absolute atomic E-state index is 0.0232. The molecule has 23 heavy (non-hydrogen) atoms. The quantitative estimate of drug-likeness (QED) is 0.752. The highest BCUT2D eigenvalue weighted by atomic mass is 79.9. The first-order valence-electron chi connectivity index (χ1n) is 6.74. The molecule has 0 saturated carbocycles. The summed E-state index contributed by atoms with van der Waals surface area (Å²) in [4.78, 5) is 12.0. The van der Waals surface area contributed by atoms with Gasteiger partial charge in [-0.2, -0.15) is 0 Å². The summed E-state index contributed by atoms with van der Waals surface area (Å²) >= 11 is 3.30. The van der Waals surface area contributed by atoms with Crippen molar-refractivity contribution in [3.63, 3.8) is 0 Å². The number of benzene rings is 2. The molecule has 0 radical (unpaired) electrons. The van der Waals surface area contributed by atoms with Gasteiger partial charge < -0.3 is 4.42 Å². The van der Waals surface area contributed by atoms with Crippen LogP contribution in [0.5, 0.6) is 0 Å². The zero-order valence-corrected chi connectivity index (χ0v) is 13.4. The maximum absolute atomic E-state index is 12.9. The summed E-state index contributed by atoms with van der Waals surface area (Å²) in [5, 5.41) is 10.2. The van der Waals surface area contributed by atoms with E-state index < -0.39 is 0 Å². The van der Waals surface area contributed by atoms with Gasteiger partial charge in [-0.1, -0.05) is 33.2 Å². The van der Waals surface area contributed by atoms with Crippen molar-refractivity contribution in [2.75, 3.05) is 5.32 Å². The summed E-state index contributed by atoms with van der Waals surface area (Å²) in [6.07, 6.45) is 0.363. The normalized spacial score (nSPS) is 10.5. The molecule has 0 saturated heterocycles. The van der Waals surface area contributed by atoms with Crippen molar-refractivity contribution < 1.29 is 13.6 Å². The second-order valence-electron chi connectivity index (χ2n) is 4.77. The fourth-order valence-corrected chi connectivity index (χ4v) is 2.19. The third-order valence-corrected chi connectivity index (χ3v) is 3.59. The summed E-state index contributed by atoms with van der Waals surface area (Å²) < 4.78 is 19.1. The largest absolute Gasteiger partial charge is 0.407 e. The molecule has 3 rings (SSSR count). The van der Waals surface area contributed by atoms with Crippen molar-refractivity contribution in [2.45, 2.75) is 6.42 Å². The zero-order chi connectivity index (χ0) is 16.2. The van der Waals surface area contributed by atoms with Gasteiger partial charge in [0.05, 0.1) is 6.42 Å². The van der Waals surface area contributed by atoms with Gasteiger partial charge in [0.2, 0.25) is 5.89 Å². The summed E-state index contributed by atoms with van der Waals surface area (Å²) in [6.45, 7) is 0. The Morgan fingerprint density at radius 2 is 1.78 bits per heavy atom. The summed E-state index contributed by atoms with van der Waals surface area (Å²) in [5.41, 5.74) is 1.31. The van der Waals surface area contributed by atoms with Crippen LogP contribution in [0.4, 0.5) is 10.4 Å². The van der Waals surface area contributed by atoms with Crippen molar-refractivity contribution in [3.8, 4) is 0 Å². The average molecular weight is 376 g/mol. The Kier molecular flexibility index (Phi) is 4.47. The lowest BCUT2D eigenvalue weighted by Crippen LogP contribution is -2.11. The Bertz CT molecular complexity index is 816. The first-order valence-corrected chi connectivity index (χ1v) is 7.53. The molecule has 0 aliphatic rings. The Morgan fingerprint density at radius 3 is 2.48 bits per heavy atom. The molecule has 3 aromatic rings. The van der Waals surface area contributed by atoms with Crippen LogP contribution in [-0.4, -0.2) is 16.1 Å². The molecule has 0 atom stereocenters. The molecule has 1 aromatic heterocycles. The van der Waals surface area contributed by atoms with E-state index in [1.165, 1.54) is 12.1 Å². The van der Waals surface area contributed by atoms with Gasteiger partial charge in [-0.05, 0) is 42.0 Å². The van der Waals surface area contributed by atoms with E-state index >= 15 is 0 Å². The van der Waals surface area contributed by atoms with E-state index in [1.807, 2.05) is 0 Å². The lowest BCUT2D eigenvalue weighted by atomic mass is 10.1. The molecule has 5 nitrogen and oxygen atoms in total. The molecule has 1 amide bonds. The summed E-state index contributed by atoms with van der Waals surface area (Å²) in [6, 6.07) is 12.9. The predicted molar refractivity (Wildman–Crippen MR) is 85.6 cm³/mol. The standard InChI is InChI=1S/C16H11BrFN3O2/c17-12-5-3-11(4-6-12)15(22)19-16-21-20-14(23-16)9-10-1-7-13(18)8-2-10/h1-8H,9H2,(H,19,21,22). The molecule has 0 unspecified atom stereocenters. The van der Waals surface area contributed by atoms with E-state index in [9.17, 15) is 9.18 Å². The van der Waals surface area contributed by atoms with E-state index in [0.29, 0.717) is 17.9 Å². The van der Waals surface area contributed by atoms with Gasteiger partial charge in [0.25, 0.3) is 5.91 Å². The number of hydrogen-bond donors (Lipinski definition) is 1. The topological polar surface area (TPSA) is 68.0 Å². The monoisotopic (exact) mass is 375 g/mol. The van der Waals surface area contributed by atoms with Crippen LogP contribution in [0.25, 0.3) is 0 Å². The molecular formula is C16H11BrFN3O2. The highest BCUT2D eigenvalue weighted by Gasteiger charge is 2.12. The second kappa shape index (κ2) is 6.70. The molecule has 0 fully saturated rings. The lowest BCUT2D eigenvalue weighted by molar-refractivity contribution is 0.102. The second-order valence-corrected chi connectivity index (χ2v) is 5.68. The van der Waals surface area contributed by atoms with Crippen LogP contribution in [-0.2, 0) is 6.42 Å². The molecular weight excluding hydrogens is 365 g/mol. The van der Waals surface area contributed by atoms with Crippen molar-refractivity contribution >= 4 is 27.9 Å². The molecule has 116 valence electrons. The number of hydrogen-bond acceptors (Lipinski definition) is 4. The van der Waals surface area contributed by atoms with Crippen LogP contribution in [0.15, 0.2) is 57.4 Å². The number of carbonyl (C=O) groups excluding carboxylic acids is 1. The Balaban J connectivity index is 1.66. The van der Waals surface area contributed by atoms with Gasteiger partial charge in [-0.3, -0.25) is 10.1 Å². The molecule has 1 heterocycles. The SMILES string of the molecule is O=C(Nc1nnc(Cc2ccc(F)cc2)o1)c1ccc(Br)cc1. The molecule has 1 N–H and O–H groups in total. The number of rotatable bonds is 4. The number of anilines is 1. The van der Waals surface area contributed by atoms with Crippen LogP contribution in [0.3, 0.4) is 0 Å². The van der Waals surface area contributed by atoms with E-state index in [-0.39, 0.29) is 17.7 Å². The number of amides is 1. The van der Waals surface area contributed by atoms with E-state index in [4.69, 9.17) is 4.42 Å². The Labute approximate surface area is 139 Å². The van der Waals surface area contributed by atoms with Crippen molar-refractivity contribution in [2.24, 2.45) is 0 Å². The van der Waals surface area contributed by atoms with E-state index in [2.05, 4.69) is 31.4 Å². The van der Waals surface area contributed by atoms with Gasteiger partial charge in [0, 0.05) is 10.0 Å². The first-order chi connectivity index (χ1) is 11.1. The fourth-order valence-electron chi connectivity index (χ4n) is 1.92. The Morgan fingerprint density at radius 1 is 1.09 bits per heavy atom. The highest BCUT2D eigenvalue weighted by Crippen LogP contribution is 2.14. The number of halogens is 2. The third kappa shape index (κ3) is 4.01. The van der Waals surface area contributed by atoms with Gasteiger partial charge in [-0.15, -0.1) is 5.10 Å². The van der Waals surface area contributed by atoms with Gasteiger partial charge in [0.15, 0.2) is 0 Å². The smallest absolute Gasteiger partial charge is 0.322 e. The first kappa shape index (κ1) is 15.4. The van der Waals surface area contributed by atoms with Crippen LogP contribution >= 0.6 is 15.9 Å². The number of nitrogens with zero attached hydrogens (tertiary/aromatic N) is 2. The van der Waals surface area contributed by atoms with E-state index in [0.717, 1.165) is 10.0 Å². The van der Waals surface area contributed by atoms with Crippen LogP contribution in [0.1, 0.15) is 21.8 Å². The minimum atomic E-state index is -0.338. The third-order valence-electron chi connectivity index (χ3n) is 3.06. The molecule has 0 spiro atoms. The molecule has 0 aliphatic heterocycles. The predicted octanol–water partition coefficient (Wildman–Crippen LogP) is 3.81. The Hall–Kier alpha value is -2.54. The summed E-state index contributed by atoms with van der Waals surface area (Å²) in [7, 11) is 0. The minimum Gasteiger partial charge on any atom is -0.407 e. The van der Waals surface area contributed by atoms with Gasteiger partial charge >= 0.3 is 6.01 Å². The highest BCUT2D eigenvalue weighted by molar-refractivity contribution is 9.10. The van der Waals surface area contributed by atoms with Gasteiger partial charge in [0.1, 0.15) is 5.82 Å². The molecule has 7 heteroatoms.